The molecule has 0 spiro atoms. The van der Waals surface area contributed by atoms with Gasteiger partial charge in [0, 0.05) is 32.9 Å². The van der Waals surface area contributed by atoms with Crippen LogP contribution in [0.25, 0.3) is 0 Å². The second-order valence-electron chi connectivity index (χ2n) is 6.24. The molecule has 1 amide bonds. The number of amides is 1. The van der Waals surface area contributed by atoms with E-state index in [0.29, 0.717) is 6.42 Å². The molecule has 0 saturated heterocycles. The third kappa shape index (κ3) is 6.36. The summed E-state index contributed by atoms with van der Waals surface area (Å²) in [6.45, 7) is -2.98. The molecule has 0 unspecified atom stereocenters. The summed E-state index contributed by atoms with van der Waals surface area (Å²) in [7, 11) is -1.00. The maximum Gasteiger partial charge on any atom is 0.387 e. The first-order valence-electron chi connectivity index (χ1n) is 8.53. The van der Waals surface area contributed by atoms with Gasteiger partial charge in [0.1, 0.15) is 12.3 Å². The Bertz CT molecular complexity index is 1000. The van der Waals surface area contributed by atoms with E-state index in [-0.39, 0.29) is 23.7 Å². The number of nitrogens with zero attached hydrogens (tertiary/aromatic N) is 2. The van der Waals surface area contributed by atoms with Crippen molar-refractivity contribution in [3.63, 3.8) is 0 Å². The molecule has 0 fully saturated rings. The molecule has 0 bridgehead atoms. The highest BCUT2D eigenvalue weighted by Crippen LogP contribution is 2.15. The molecule has 0 aliphatic heterocycles. The van der Waals surface area contributed by atoms with Crippen LogP contribution in [0, 0.1) is 0 Å². The van der Waals surface area contributed by atoms with E-state index in [1.54, 1.807) is 12.1 Å². The minimum absolute atomic E-state index is 0.0414. The van der Waals surface area contributed by atoms with Crippen molar-refractivity contribution in [2.24, 2.45) is 0 Å². The first-order valence-corrected chi connectivity index (χ1v) is 9.97. The van der Waals surface area contributed by atoms with E-state index >= 15 is 0 Å². The number of alkyl halides is 2. The highest BCUT2D eigenvalue weighted by Gasteiger charge is 2.18. The average Bonchev–Trinajstić information content (AvgIpc) is 2.64. The van der Waals surface area contributed by atoms with Crippen molar-refractivity contribution >= 4 is 15.9 Å². The SMILES string of the molecule is CN(C)S(=O)(=O)c1ccc(=O)n(CC(=O)NCCc2ccc(OC(F)F)cc2)c1. The number of carbonyl (C=O) groups is 1. The van der Waals surface area contributed by atoms with Crippen LogP contribution in [0.1, 0.15) is 5.56 Å². The van der Waals surface area contributed by atoms with Crippen LogP contribution in [0.15, 0.2) is 52.3 Å². The Labute approximate surface area is 166 Å². The first-order chi connectivity index (χ1) is 13.6. The Morgan fingerprint density at radius 1 is 1.17 bits per heavy atom. The number of ether oxygens (including phenoxy) is 1. The third-order valence-corrected chi connectivity index (χ3v) is 5.73. The number of aromatic nitrogens is 1. The zero-order valence-corrected chi connectivity index (χ0v) is 16.7. The molecule has 1 N–H and O–H groups in total. The lowest BCUT2D eigenvalue weighted by Crippen LogP contribution is -2.33. The first kappa shape index (κ1) is 22.5. The van der Waals surface area contributed by atoms with E-state index in [1.165, 1.54) is 32.3 Å². The predicted octanol–water partition coefficient (Wildman–Crippen LogP) is 1.06. The van der Waals surface area contributed by atoms with Gasteiger partial charge in [-0.25, -0.2) is 12.7 Å². The molecule has 1 heterocycles. The fourth-order valence-electron chi connectivity index (χ4n) is 2.39. The van der Waals surface area contributed by atoms with Crippen LogP contribution in [0.2, 0.25) is 0 Å². The second kappa shape index (κ2) is 9.61. The summed E-state index contributed by atoms with van der Waals surface area (Å²) in [5.41, 5.74) is 0.288. The lowest BCUT2D eigenvalue weighted by Gasteiger charge is -2.13. The normalized spacial score (nSPS) is 11.7. The largest absolute Gasteiger partial charge is 0.435 e. The lowest BCUT2D eigenvalue weighted by molar-refractivity contribution is -0.121. The van der Waals surface area contributed by atoms with Crippen LogP contribution in [0.5, 0.6) is 5.75 Å². The third-order valence-electron chi connectivity index (χ3n) is 3.93. The molecule has 0 atom stereocenters. The summed E-state index contributed by atoms with van der Waals surface area (Å²) in [5, 5.41) is 2.62. The van der Waals surface area contributed by atoms with Gasteiger partial charge in [0.15, 0.2) is 0 Å². The van der Waals surface area contributed by atoms with Crippen molar-refractivity contribution in [3.05, 3.63) is 58.5 Å². The van der Waals surface area contributed by atoms with Gasteiger partial charge >= 0.3 is 6.61 Å². The van der Waals surface area contributed by atoms with Crippen LogP contribution in [-0.2, 0) is 27.8 Å². The molecule has 1 aromatic heterocycles. The molecular weight excluding hydrogens is 408 g/mol. The van der Waals surface area contributed by atoms with Crippen molar-refractivity contribution in [3.8, 4) is 5.75 Å². The fraction of sp³-hybridized carbons (Fsp3) is 0.333. The van der Waals surface area contributed by atoms with E-state index in [9.17, 15) is 26.8 Å². The summed E-state index contributed by atoms with van der Waals surface area (Å²) >= 11 is 0. The number of hydrogen-bond donors (Lipinski definition) is 1. The van der Waals surface area contributed by atoms with Crippen LogP contribution in [0.4, 0.5) is 8.78 Å². The Morgan fingerprint density at radius 2 is 1.83 bits per heavy atom. The molecule has 2 rings (SSSR count). The molecular formula is C18H21F2N3O5S. The highest BCUT2D eigenvalue weighted by molar-refractivity contribution is 7.89. The van der Waals surface area contributed by atoms with Crippen molar-refractivity contribution < 1.29 is 26.7 Å². The molecule has 8 nitrogen and oxygen atoms in total. The van der Waals surface area contributed by atoms with Gasteiger partial charge in [-0.05, 0) is 30.2 Å². The predicted molar refractivity (Wildman–Crippen MR) is 101 cm³/mol. The number of carbonyl (C=O) groups excluding carboxylic acids is 1. The second-order valence-corrected chi connectivity index (χ2v) is 8.39. The van der Waals surface area contributed by atoms with Crippen LogP contribution in [0.3, 0.4) is 0 Å². The summed E-state index contributed by atoms with van der Waals surface area (Å²) in [6, 6.07) is 8.28. The number of pyridine rings is 1. The maximum absolute atomic E-state index is 12.2. The van der Waals surface area contributed by atoms with Crippen molar-refractivity contribution in [2.45, 2.75) is 24.5 Å². The summed E-state index contributed by atoms with van der Waals surface area (Å²) < 4.78 is 54.8. The van der Waals surface area contributed by atoms with E-state index in [0.717, 1.165) is 26.7 Å². The number of sulfonamides is 1. The van der Waals surface area contributed by atoms with Gasteiger partial charge < -0.3 is 14.6 Å². The number of rotatable bonds is 9. The van der Waals surface area contributed by atoms with E-state index in [1.807, 2.05) is 0 Å². The Kier molecular flexibility index (Phi) is 7.46. The summed E-state index contributed by atoms with van der Waals surface area (Å²) in [5.74, 6) is -0.427. The molecule has 0 aliphatic rings. The molecule has 29 heavy (non-hydrogen) atoms. The zero-order valence-electron chi connectivity index (χ0n) is 15.8. The Hall–Kier alpha value is -2.79. The van der Waals surface area contributed by atoms with Gasteiger partial charge in [-0.2, -0.15) is 8.78 Å². The fourth-order valence-corrected chi connectivity index (χ4v) is 3.31. The van der Waals surface area contributed by atoms with Crippen molar-refractivity contribution in [2.75, 3.05) is 20.6 Å². The number of nitrogens with one attached hydrogen (secondary N) is 1. The molecule has 2 aromatic rings. The van der Waals surface area contributed by atoms with Crippen molar-refractivity contribution in [1.29, 1.82) is 0 Å². The summed E-state index contributed by atoms with van der Waals surface area (Å²) in [4.78, 5) is 23.9. The topological polar surface area (TPSA) is 97.7 Å². The van der Waals surface area contributed by atoms with Crippen molar-refractivity contribution in [1.82, 2.24) is 14.2 Å². The molecule has 1 aromatic carbocycles. The number of benzene rings is 1. The van der Waals surface area contributed by atoms with Crippen LogP contribution < -0.4 is 15.6 Å². The van der Waals surface area contributed by atoms with Crippen LogP contribution >= 0.6 is 0 Å². The monoisotopic (exact) mass is 429 g/mol. The van der Waals surface area contributed by atoms with Gasteiger partial charge in [-0.3, -0.25) is 9.59 Å². The molecule has 0 aliphatic carbocycles. The van der Waals surface area contributed by atoms with Crippen LogP contribution in [-0.4, -0.2) is 50.4 Å². The molecule has 0 radical (unpaired) electrons. The lowest BCUT2D eigenvalue weighted by atomic mass is 10.1. The molecule has 158 valence electrons. The van der Waals surface area contributed by atoms with Gasteiger partial charge in [-0.15, -0.1) is 0 Å². The summed E-state index contributed by atoms with van der Waals surface area (Å²) in [6.07, 6.45) is 1.56. The number of halogens is 2. The Balaban J connectivity index is 1.93. The highest BCUT2D eigenvalue weighted by atomic mass is 32.2. The van der Waals surface area contributed by atoms with Gasteiger partial charge in [0.2, 0.25) is 15.9 Å². The van der Waals surface area contributed by atoms with E-state index in [2.05, 4.69) is 10.1 Å². The van der Waals surface area contributed by atoms with Gasteiger partial charge in [0.05, 0.1) is 4.90 Å². The minimum atomic E-state index is -3.73. The zero-order chi connectivity index (χ0) is 21.6. The van der Waals surface area contributed by atoms with E-state index < -0.39 is 28.1 Å². The minimum Gasteiger partial charge on any atom is -0.435 e. The smallest absolute Gasteiger partial charge is 0.387 e. The standard InChI is InChI=1S/C18H21F2N3O5S/c1-22(2)29(26,27)15-7-8-17(25)23(11-15)12-16(24)21-10-9-13-3-5-14(6-4-13)28-18(19)20/h3-8,11,18H,9-10,12H2,1-2H3,(H,21,24). The number of hydrogen-bond acceptors (Lipinski definition) is 5. The van der Waals surface area contributed by atoms with Gasteiger partial charge in [-0.1, -0.05) is 12.1 Å². The van der Waals surface area contributed by atoms with Gasteiger partial charge in [0.25, 0.3) is 5.56 Å². The molecule has 11 heteroatoms. The average molecular weight is 429 g/mol. The quantitative estimate of drug-likeness (QED) is 0.643. The maximum atomic E-state index is 12.2. The van der Waals surface area contributed by atoms with E-state index in [4.69, 9.17) is 0 Å². The Morgan fingerprint density at radius 3 is 2.41 bits per heavy atom. The molecule has 0 saturated carbocycles.